The number of aromatic nitrogens is 1. The lowest BCUT2D eigenvalue weighted by molar-refractivity contribution is -0.274. The monoisotopic (exact) mass is 501 g/mol. The molecule has 1 N–H and O–H groups in total. The summed E-state index contributed by atoms with van der Waals surface area (Å²) in [7, 11) is -3.73. The molecule has 2 aliphatic heterocycles. The van der Waals surface area contributed by atoms with Gasteiger partial charge >= 0.3 is 16.6 Å². The SMILES string of the molecule is CC1CN(c2ccc(OC(F)(F)F)cc2)CN1Cc1ccncc1NS(=O)(=O)N1CCOCC1. The lowest BCUT2D eigenvalue weighted by Crippen LogP contribution is -2.43. The van der Waals surface area contributed by atoms with Gasteiger partial charge in [-0.1, -0.05) is 0 Å². The first-order valence-corrected chi connectivity index (χ1v) is 12.2. The first-order chi connectivity index (χ1) is 16.1. The number of ether oxygens (including phenoxy) is 2. The number of alkyl halides is 3. The highest BCUT2D eigenvalue weighted by molar-refractivity contribution is 7.90. The molecule has 1 aromatic carbocycles. The second kappa shape index (κ2) is 9.94. The Bertz CT molecular complexity index is 1080. The molecule has 0 spiro atoms. The predicted octanol–water partition coefficient (Wildman–Crippen LogP) is 2.64. The zero-order chi connectivity index (χ0) is 24.3. The average Bonchev–Trinajstić information content (AvgIpc) is 3.15. The molecular weight excluding hydrogens is 475 g/mol. The van der Waals surface area contributed by atoms with Crippen molar-refractivity contribution in [1.29, 1.82) is 0 Å². The Morgan fingerprint density at radius 1 is 1.18 bits per heavy atom. The van der Waals surface area contributed by atoms with E-state index in [1.807, 2.05) is 11.8 Å². The van der Waals surface area contributed by atoms with Gasteiger partial charge in [-0.25, -0.2) is 0 Å². The summed E-state index contributed by atoms with van der Waals surface area (Å²) < 4.78 is 75.9. The maximum Gasteiger partial charge on any atom is 0.573 e. The average molecular weight is 502 g/mol. The fourth-order valence-electron chi connectivity index (χ4n) is 3.96. The molecule has 2 aromatic rings. The van der Waals surface area contributed by atoms with E-state index in [2.05, 4.69) is 19.3 Å². The molecule has 3 heterocycles. The second-order valence-corrected chi connectivity index (χ2v) is 9.82. The largest absolute Gasteiger partial charge is 0.573 e. The number of pyridine rings is 1. The molecule has 2 aliphatic rings. The molecule has 0 bridgehead atoms. The van der Waals surface area contributed by atoms with Crippen LogP contribution in [0.4, 0.5) is 24.5 Å². The summed E-state index contributed by atoms with van der Waals surface area (Å²) >= 11 is 0. The topological polar surface area (TPSA) is 87.2 Å². The summed E-state index contributed by atoms with van der Waals surface area (Å²) in [6.45, 7) is 4.98. The number of benzene rings is 1. The minimum atomic E-state index is -4.73. The molecule has 0 saturated carbocycles. The minimum Gasteiger partial charge on any atom is -0.406 e. The van der Waals surface area contributed by atoms with Crippen molar-refractivity contribution in [3.05, 3.63) is 48.3 Å². The minimum absolute atomic E-state index is 0.128. The van der Waals surface area contributed by atoms with Crippen LogP contribution in [0.2, 0.25) is 0 Å². The number of morpholine rings is 1. The normalized spacial score (nSPS) is 20.5. The van der Waals surface area contributed by atoms with Crippen LogP contribution in [0.25, 0.3) is 0 Å². The molecule has 4 rings (SSSR count). The number of rotatable bonds is 7. The van der Waals surface area contributed by atoms with Crippen LogP contribution < -0.4 is 14.4 Å². The summed E-state index contributed by atoms with van der Waals surface area (Å²) in [6.07, 6.45) is -1.63. The van der Waals surface area contributed by atoms with Crippen LogP contribution in [-0.4, -0.2) is 74.5 Å². The van der Waals surface area contributed by atoms with E-state index in [4.69, 9.17) is 4.74 Å². The van der Waals surface area contributed by atoms with E-state index in [9.17, 15) is 21.6 Å². The Kier molecular flexibility index (Phi) is 7.17. The molecule has 34 heavy (non-hydrogen) atoms. The molecule has 0 aliphatic carbocycles. The van der Waals surface area contributed by atoms with Crippen LogP contribution in [-0.2, 0) is 21.5 Å². The zero-order valence-corrected chi connectivity index (χ0v) is 19.3. The Morgan fingerprint density at radius 3 is 2.56 bits per heavy atom. The third-order valence-electron chi connectivity index (χ3n) is 5.73. The van der Waals surface area contributed by atoms with Gasteiger partial charge in [-0.2, -0.15) is 12.7 Å². The number of halogens is 3. The van der Waals surface area contributed by atoms with E-state index in [0.29, 0.717) is 38.7 Å². The summed E-state index contributed by atoms with van der Waals surface area (Å²) in [4.78, 5) is 8.27. The van der Waals surface area contributed by atoms with Gasteiger partial charge in [0.2, 0.25) is 0 Å². The molecule has 186 valence electrons. The van der Waals surface area contributed by atoms with Gasteiger partial charge in [-0.05, 0) is 42.8 Å². The highest BCUT2D eigenvalue weighted by Gasteiger charge is 2.32. The molecule has 9 nitrogen and oxygen atoms in total. The smallest absolute Gasteiger partial charge is 0.406 e. The number of nitrogens with one attached hydrogen (secondary N) is 1. The Hall–Kier alpha value is -2.61. The van der Waals surface area contributed by atoms with E-state index in [1.54, 1.807) is 24.4 Å². The van der Waals surface area contributed by atoms with Gasteiger partial charge in [0.15, 0.2) is 0 Å². The molecule has 1 aromatic heterocycles. The second-order valence-electron chi connectivity index (χ2n) is 8.15. The van der Waals surface area contributed by atoms with Crippen molar-refractivity contribution in [3.8, 4) is 5.75 Å². The van der Waals surface area contributed by atoms with Gasteiger partial charge in [-0.3, -0.25) is 14.6 Å². The summed E-state index contributed by atoms with van der Waals surface area (Å²) in [5.41, 5.74) is 1.95. The lowest BCUT2D eigenvalue weighted by Gasteiger charge is -2.27. The van der Waals surface area contributed by atoms with Crippen LogP contribution in [0.5, 0.6) is 5.75 Å². The van der Waals surface area contributed by atoms with Gasteiger partial charge in [0.25, 0.3) is 0 Å². The standard InChI is InChI=1S/C21H26F3N5O4S/c1-16-13-28(18-2-4-19(5-3-18)33-21(22,23)24)15-27(16)14-17-6-7-25-12-20(17)26-34(30,31)29-8-10-32-11-9-29/h2-7,12,16,26H,8-11,13-15H2,1H3. The van der Waals surface area contributed by atoms with Crippen molar-refractivity contribution in [2.45, 2.75) is 25.9 Å². The maximum atomic E-state index is 12.8. The van der Waals surface area contributed by atoms with E-state index in [0.717, 1.165) is 11.3 Å². The van der Waals surface area contributed by atoms with E-state index in [1.165, 1.54) is 22.6 Å². The van der Waals surface area contributed by atoms with Crippen LogP contribution in [0, 0.1) is 0 Å². The molecule has 2 saturated heterocycles. The van der Waals surface area contributed by atoms with Crippen LogP contribution in [0.3, 0.4) is 0 Å². The number of nitrogens with zero attached hydrogens (tertiary/aromatic N) is 4. The summed E-state index contributed by atoms with van der Waals surface area (Å²) in [6, 6.07) is 7.66. The first-order valence-electron chi connectivity index (χ1n) is 10.7. The van der Waals surface area contributed by atoms with Crippen LogP contribution in [0.1, 0.15) is 12.5 Å². The molecular formula is C21H26F3N5O4S. The van der Waals surface area contributed by atoms with Gasteiger partial charge in [-0.15, -0.1) is 13.2 Å². The van der Waals surface area contributed by atoms with Gasteiger partial charge in [0.1, 0.15) is 5.75 Å². The fourth-order valence-corrected chi connectivity index (χ4v) is 5.19. The molecule has 2 fully saturated rings. The van der Waals surface area contributed by atoms with Crippen molar-refractivity contribution in [2.75, 3.05) is 49.1 Å². The van der Waals surface area contributed by atoms with E-state index >= 15 is 0 Å². The van der Waals surface area contributed by atoms with Crippen molar-refractivity contribution < 1.29 is 31.1 Å². The van der Waals surface area contributed by atoms with Crippen molar-refractivity contribution in [2.24, 2.45) is 0 Å². The molecule has 13 heteroatoms. The third kappa shape index (κ3) is 6.09. The molecule has 1 unspecified atom stereocenters. The molecule has 0 amide bonds. The van der Waals surface area contributed by atoms with Crippen molar-refractivity contribution in [1.82, 2.24) is 14.2 Å². The number of hydrogen-bond acceptors (Lipinski definition) is 7. The number of anilines is 2. The highest BCUT2D eigenvalue weighted by atomic mass is 32.2. The maximum absolute atomic E-state index is 12.8. The van der Waals surface area contributed by atoms with Gasteiger partial charge in [0, 0.05) is 44.1 Å². The van der Waals surface area contributed by atoms with E-state index < -0.39 is 16.6 Å². The Morgan fingerprint density at radius 2 is 1.88 bits per heavy atom. The van der Waals surface area contributed by atoms with E-state index in [-0.39, 0.29) is 24.9 Å². The lowest BCUT2D eigenvalue weighted by atomic mass is 10.2. The fraction of sp³-hybridized carbons (Fsp3) is 0.476. The van der Waals surface area contributed by atoms with Crippen LogP contribution >= 0.6 is 0 Å². The van der Waals surface area contributed by atoms with Gasteiger partial charge < -0.3 is 14.4 Å². The molecule has 1 atom stereocenters. The number of hydrogen-bond donors (Lipinski definition) is 1. The Labute approximate surface area is 196 Å². The molecule has 0 radical (unpaired) electrons. The third-order valence-corrected chi connectivity index (χ3v) is 7.25. The predicted molar refractivity (Wildman–Crippen MR) is 120 cm³/mol. The summed E-state index contributed by atoms with van der Waals surface area (Å²) in [5, 5.41) is 0. The Balaban J connectivity index is 1.42. The van der Waals surface area contributed by atoms with Gasteiger partial charge in [0.05, 0.1) is 31.8 Å². The van der Waals surface area contributed by atoms with Crippen molar-refractivity contribution >= 4 is 21.6 Å². The highest BCUT2D eigenvalue weighted by Crippen LogP contribution is 2.29. The van der Waals surface area contributed by atoms with Crippen LogP contribution in [0.15, 0.2) is 42.7 Å². The van der Waals surface area contributed by atoms with Crippen molar-refractivity contribution in [3.63, 3.8) is 0 Å². The summed E-state index contributed by atoms with van der Waals surface area (Å²) in [5.74, 6) is -0.269. The first kappa shape index (κ1) is 24.5. The zero-order valence-electron chi connectivity index (χ0n) is 18.5. The quantitative estimate of drug-likeness (QED) is 0.624.